The van der Waals surface area contributed by atoms with E-state index in [1.165, 1.54) is 0 Å². The minimum atomic E-state index is 0. The minimum Gasteiger partial charge on any atom is -0.464 e. The molecular weight excluding hydrogens is 373 g/mol. The second-order valence-electron chi connectivity index (χ2n) is 6.03. The topological polar surface area (TPSA) is 72.4 Å². The predicted octanol–water partition coefficient (Wildman–Crippen LogP) is 3.77. The third-order valence-corrected chi connectivity index (χ3v) is 4.00. The zero-order chi connectivity index (χ0) is 16.9. The molecule has 0 saturated heterocycles. The Morgan fingerprint density at radius 1 is 1.23 bits per heavy atom. The fourth-order valence-corrected chi connectivity index (χ4v) is 2.84. The van der Waals surface area contributed by atoms with Crippen LogP contribution in [0, 0.1) is 0 Å². The molecule has 5 nitrogen and oxygen atoms in total. The summed E-state index contributed by atoms with van der Waals surface area (Å²) in [6.45, 7) is 2.57. The van der Waals surface area contributed by atoms with Gasteiger partial charge in [0.1, 0.15) is 5.58 Å². The van der Waals surface area contributed by atoms with Crippen molar-refractivity contribution in [1.82, 2.24) is 4.98 Å². The third kappa shape index (κ3) is 5.21. The molecule has 2 aromatic heterocycles. The summed E-state index contributed by atoms with van der Waals surface area (Å²) in [5, 5.41) is 0.985. The highest BCUT2D eigenvalue weighted by Crippen LogP contribution is 2.28. The molecular formula is C19H23Cl2N3O2. The minimum absolute atomic E-state index is 0. The zero-order valence-electron chi connectivity index (χ0n) is 14.5. The molecule has 3 rings (SSSR count). The Morgan fingerprint density at radius 3 is 2.62 bits per heavy atom. The lowest BCUT2D eigenvalue weighted by atomic mass is 10.0. The number of hydrogen-bond donors (Lipinski definition) is 1. The van der Waals surface area contributed by atoms with Gasteiger partial charge in [0, 0.05) is 36.1 Å². The van der Waals surface area contributed by atoms with Crippen LogP contribution in [0.1, 0.15) is 18.1 Å². The maximum absolute atomic E-state index is 11.6. The Bertz CT molecular complexity index is 822. The number of nitrogens with zero attached hydrogens (tertiary/aromatic N) is 2. The van der Waals surface area contributed by atoms with Crippen molar-refractivity contribution in [2.45, 2.75) is 25.8 Å². The maximum atomic E-state index is 11.6. The number of halogens is 2. The van der Waals surface area contributed by atoms with Crippen molar-refractivity contribution in [2.24, 2.45) is 5.73 Å². The standard InChI is InChI=1S/C19H21N3O2.2ClH/c1-14(20)10-17-12-18(11-16-5-9-24-19(16)17)22(13-23)8-4-15-2-6-21-7-3-15;;/h2-3,5-7,9,11-14H,4,8,10,20H2,1H3;2*1H. The van der Waals surface area contributed by atoms with E-state index in [-0.39, 0.29) is 30.9 Å². The molecule has 1 aromatic carbocycles. The number of nitrogens with two attached hydrogens (primary N) is 1. The van der Waals surface area contributed by atoms with Gasteiger partial charge in [0.15, 0.2) is 0 Å². The van der Waals surface area contributed by atoms with Crippen LogP contribution in [-0.2, 0) is 17.6 Å². The maximum Gasteiger partial charge on any atom is 0.214 e. The summed E-state index contributed by atoms with van der Waals surface area (Å²) in [6, 6.07) is 9.83. The lowest BCUT2D eigenvalue weighted by Crippen LogP contribution is -2.24. The van der Waals surface area contributed by atoms with E-state index in [0.717, 1.165) is 40.6 Å². The Kier molecular flexibility index (Phi) is 8.58. The van der Waals surface area contributed by atoms with Crippen molar-refractivity contribution >= 4 is 47.9 Å². The van der Waals surface area contributed by atoms with Gasteiger partial charge in [-0.1, -0.05) is 0 Å². The lowest BCUT2D eigenvalue weighted by Gasteiger charge is -2.19. The molecule has 2 heterocycles. The first-order chi connectivity index (χ1) is 11.7. The normalized spacial score (nSPS) is 11.3. The van der Waals surface area contributed by atoms with E-state index in [4.69, 9.17) is 10.2 Å². The van der Waals surface area contributed by atoms with Gasteiger partial charge in [-0.25, -0.2) is 0 Å². The number of furan rings is 1. The van der Waals surface area contributed by atoms with Crippen LogP contribution >= 0.6 is 24.8 Å². The van der Waals surface area contributed by atoms with Crippen molar-refractivity contribution in [3.05, 3.63) is 60.1 Å². The van der Waals surface area contributed by atoms with Crippen LogP contribution in [0.4, 0.5) is 5.69 Å². The van der Waals surface area contributed by atoms with Crippen LogP contribution in [0.2, 0.25) is 0 Å². The molecule has 1 amide bonds. The Morgan fingerprint density at radius 2 is 1.96 bits per heavy atom. The number of fused-ring (bicyclic) bond motifs is 1. The molecule has 0 bridgehead atoms. The summed E-state index contributed by atoms with van der Waals surface area (Å²) in [5.41, 5.74) is 9.83. The van der Waals surface area contributed by atoms with Crippen LogP contribution in [0.3, 0.4) is 0 Å². The molecule has 1 unspecified atom stereocenters. The lowest BCUT2D eigenvalue weighted by molar-refractivity contribution is -0.107. The SMILES string of the molecule is CC(N)Cc1cc(N(C=O)CCc2ccncc2)cc2ccoc12.Cl.Cl. The molecule has 0 aliphatic carbocycles. The van der Waals surface area contributed by atoms with E-state index in [9.17, 15) is 4.79 Å². The molecule has 3 aromatic rings. The molecule has 2 N–H and O–H groups in total. The van der Waals surface area contributed by atoms with Crippen LogP contribution in [0.5, 0.6) is 0 Å². The van der Waals surface area contributed by atoms with E-state index in [2.05, 4.69) is 4.98 Å². The third-order valence-electron chi connectivity index (χ3n) is 4.00. The summed E-state index contributed by atoms with van der Waals surface area (Å²) in [6.07, 6.45) is 7.54. The van der Waals surface area contributed by atoms with Gasteiger partial charge in [0.05, 0.1) is 6.26 Å². The highest BCUT2D eigenvalue weighted by molar-refractivity contribution is 5.88. The van der Waals surface area contributed by atoms with Crippen LogP contribution in [0.15, 0.2) is 53.4 Å². The Hall–Kier alpha value is -2.08. The second kappa shape index (κ2) is 10.2. The monoisotopic (exact) mass is 395 g/mol. The molecule has 1 atom stereocenters. The molecule has 0 saturated carbocycles. The summed E-state index contributed by atoms with van der Waals surface area (Å²) in [5.74, 6) is 0. The number of rotatable bonds is 7. The molecule has 26 heavy (non-hydrogen) atoms. The summed E-state index contributed by atoms with van der Waals surface area (Å²) < 4.78 is 5.58. The number of aromatic nitrogens is 1. The predicted molar refractivity (Wildman–Crippen MR) is 109 cm³/mol. The molecule has 0 aliphatic rings. The van der Waals surface area contributed by atoms with Gasteiger partial charge < -0.3 is 15.1 Å². The van der Waals surface area contributed by atoms with Crippen LogP contribution in [-0.4, -0.2) is 24.0 Å². The second-order valence-corrected chi connectivity index (χ2v) is 6.03. The van der Waals surface area contributed by atoms with Gasteiger partial charge >= 0.3 is 0 Å². The number of amides is 1. The number of pyridine rings is 1. The van der Waals surface area contributed by atoms with Crippen LogP contribution < -0.4 is 10.6 Å². The number of benzene rings is 1. The fraction of sp³-hybridized carbons (Fsp3) is 0.263. The smallest absolute Gasteiger partial charge is 0.214 e. The van der Waals surface area contributed by atoms with Gasteiger partial charge in [0.25, 0.3) is 0 Å². The van der Waals surface area contributed by atoms with Gasteiger partial charge in [-0.05, 0) is 61.2 Å². The number of carbonyl (C=O) groups excluding carboxylic acids is 1. The summed E-state index contributed by atoms with van der Waals surface area (Å²) in [7, 11) is 0. The summed E-state index contributed by atoms with van der Waals surface area (Å²) >= 11 is 0. The molecule has 140 valence electrons. The van der Waals surface area contributed by atoms with E-state index in [1.54, 1.807) is 23.6 Å². The zero-order valence-corrected chi connectivity index (χ0v) is 16.1. The van der Waals surface area contributed by atoms with Gasteiger partial charge in [-0.15, -0.1) is 24.8 Å². The molecule has 0 spiro atoms. The van der Waals surface area contributed by atoms with E-state index in [1.807, 2.05) is 37.3 Å². The molecule has 0 radical (unpaired) electrons. The first kappa shape index (κ1) is 22.0. The highest BCUT2D eigenvalue weighted by Gasteiger charge is 2.13. The van der Waals surface area contributed by atoms with Crippen molar-refractivity contribution in [2.75, 3.05) is 11.4 Å². The van der Waals surface area contributed by atoms with Crippen molar-refractivity contribution < 1.29 is 9.21 Å². The van der Waals surface area contributed by atoms with Gasteiger partial charge in [-0.3, -0.25) is 9.78 Å². The number of carbonyl (C=O) groups is 1. The quantitative estimate of drug-likeness (QED) is 0.617. The van der Waals surface area contributed by atoms with Crippen LogP contribution in [0.25, 0.3) is 11.0 Å². The molecule has 0 fully saturated rings. The summed E-state index contributed by atoms with van der Waals surface area (Å²) in [4.78, 5) is 17.3. The molecule has 0 aliphatic heterocycles. The number of hydrogen-bond acceptors (Lipinski definition) is 4. The fourth-order valence-electron chi connectivity index (χ4n) is 2.84. The first-order valence-electron chi connectivity index (χ1n) is 8.04. The van der Waals surface area contributed by atoms with Gasteiger partial charge in [-0.2, -0.15) is 0 Å². The van der Waals surface area contributed by atoms with Crippen molar-refractivity contribution in [3.63, 3.8) is 0 Å². The Balaban J connectivity index is 0.00000169. The average Bonchev–Trinajstić information content (AvgIpc) is 3.05. The van der Waals surface area contributed by atoms with E-state index < -0.39 is 0 Å². The van der Waals surface area contributed by atoms with Crippen molar-refractivity contribution in [3.8, 4) is 0 Å². The highest BCUT2D eigenvalue weighted by atomic mass is 35.5. The molecule has 7 heteroatoms. The van der Waals surface area contributed by atoms with Gasteiger partial charge in [0.2, 0.25) is 6.41 Å². The first-order valence-corrected chi connectivity index (χ1v) is 8.04. The number of anilines is 1. The largest absolute Gasteiger partial charge is 0.464 e. The van der Waals surface area contributed by atoms with E-state index in [0.29, 0.717) is 13.0 Å². The van der Waals surface area contributed by atoms with E-state index >= 15 is 0 Å². The average molecular weight is 396 g/mol. The van der Waals surface area contributed by atoms with Crippen molar-refractivity contribution in [1.29, 1.82) is 0 Å². The Labute approximate surface area is 165 Å².